The van der Waals surface area contributed by atoms with Gasteiger partial charge in [0.2, 0.25) is 0 Å². The van der Waals surface area contributed by atoms with Crippen LogP contribution in [0, 0.1) is 0 Å². The number of rotatable bonds is 3. The van der Waals surface area contributed by atoms with Crippen LogP contribution in [0.2, 0.25) is 0 Å². The largest absolute Gasteiger partial charge is 0.399 e. The number of anilines is 1. The molecule has 0 aromatic heterocycles. The highest BCUT2D eigenvalue weighted by Gasteiger charge is 2.08. The molecule has 17 heavy (non-hydrogen) atoms. The minimum atomic E-state index is -0.107. The Balaban J connectivity index is 2.27. The topological polar surface area (TPSA) is 52.0 Å². The van der Waals surface area contributed by atoms with Gasteiger partial charge in [-0.2, -0.15) is 0 Å². The van der Waals surface area contributed by atoms with E-state index in [0.717, 1.165) is 23.2 Å². The second-order valence-corrected chi connectivity index (χ2v) is 4.24. The fourth-order valence-corrected chi connectivity index (χ4v) is 1.91. The molecule has 2 rings (SSSR count). The summed E-state index contributed by atoms with van der Waals surface area (Å²) in [4.78, 5) is 0. The van der Waals surface area contributed by atoms with Gasteiger partial charge in [0, 0.05) is 5.69 Å². The average Bonchev–Trinajstić information content (AvgIpc) is 2.38. The molecule has 2 aromatic rings. The monoisotopic (exact) mass is 226 g/mol. The smallest absolute Gasteiger partial charge is 0.0552 e. The Morgan fingerprint density at radius 1 is 1.00 bits per heavy atom. The van der Waals surface area contributed by atoms with Crippen molar-refractivity contribution in [1.82, 2.24) is 0 Å². The highest BCUT2D eigenvalue weighted by atomic mass is 14.6. The van der Waals surface area contributed by atoms with Crippen molar-refractivity contribution in [2.24, 2.45) is 5.73 Å². The van der Waals surface area contributed by atoms with Crippen LogP contribution in [-0.4, -0.2) is 0 Å². The molecular weight excluding hydrogens is 208 g/mol. The first-order valence-electron chi connectivity index (χ1n) is 5.90. The van der Waals surface area contributed by atoms with Crippen LogP contribution in [0.25, 0.3) is 0 Å². The summed E-state index contributed by atoms with van der Waals surface area (Å²) in [6.07, 6.45) is 1.05. The molecule has 4 N–H and O–H groups in total. The highest BCUT2D eigenvalue weighted by Crippen LogP contribution is 2.21. The fourth-order valence-electron chi connectivity index (χ4n) is 1.91. The molecular formula is C15H18N2. The molecule has 0 saturated carbocycles. The lowest BCUT2D eigenvalue weighted by atomic mass is 9.98. The summed E-state index contributed by atoms with van der Waals surface area (Å²) in [6.45, 7) is 2.15. The average molecular weight is 226 g/mol. The number of aryl methyl sites for hydroxylation is 1. The van der Waals surface area contributed by atoms with E-state index in [1.807, 2.05) is 24.3 Å². The minimum absolute atomic E-state index is 0.107. The van der Waals surface area contributed by atoms with Gasteiger partial charge in [-0.05, 0) is 35.2 Å². The Kier molecular flexibility index (Phi) is 3.45. The lowest BCUT2D eigenvalue weighted by Gasteiger charge is -2.13. The molecule has 0 amide bonds. The van der Waals surface area contributed by atoms with E-state index in [1.165, 1.54) is 5.56 Å². The Labute approximate surface area is 102 Å². The van der Waals surface area contributed by atoms with Crippen molar-refractivity contribution in [2.75, 3.05) is 5.73 Å². The van der Waals surface area contributed by atoms with E-state index in [-0.39, 0.29) is 6.04 Å². The summed E-state index contributed by atoms with van der Waals surface area (Å²) in [7, 11) is 0. The predicted molar refractivity (Wildman–Crippen MR) is 72.7 cm³/mol. The Hall–Kier alpha value is -1.80. The van der Waals surface area contributed by atoms with Crippen LogP contribution >= 0.6 is 0 Å². The van der Waals surface area contributed by atoms with Crippen molar-refractivity contribution in [1.29, 1.82) is 0 Å². The quantitative estimate of drug-likeness (QED) is 0.791. The van der Waals surface area contributed by atoms with Crippen molar-refractivity contribution in [2.45, 2.75) is 19.4 Å². The first-order valence-corrected chi connectivity index (χ1v) is 5.90. The molecule has 0 heterocycles. The molecule has 1 atom stereocenters. The van der Waals surface area contributed by atoms with E-state index in [4.69, 9.17) is 11.5 Å². The number of nitrogens with two attached hydrogens (primary N) is 2. The number of hydrogen-bond acceptors (Lipinski definition) is 2. The van der Waals surface area contributed by atoms with Crippen LogP contribution < -0.4 is 11.5 Å². The standard InChI is InChI=1S/C15H18N2/c1-2-11-6-8-12(9-7-11)15(17)13-4-3-5-14(16)10-13/h3-10,15H,2,16-17H2,1H3. The lowest BCUT2D eigenvalue weighted by Crippen LogP contribution is -2.12. The Morgan fingerprint density at radius 2 is 1.71 bits per heavy atom. The minimum Gasteiger partial charge on any atom is -0.399 e. The number of benzene rings is 2. The van der Waals surface area contributed by atoms with Crippen molar-refractivity contribution in [3.8, 4) is 0 Å². The molecule has 0 aliphatic rings. The number of hydrogen-bond donors (Lipinski definition) is 2. The van der Waals surface area contributed by atoms with Crippen LogP contribution in [0.1, 0.15) is 29.7 Å². The highest BCUT2D eigenvalue weighted by molar-refractivity contribution is 5.44. The first-order chi connectivity index (χ1) is 8.20. The maximum absolute atomic E-state index is 6.22. The maximum Gasteiger partial charge on any atom is 0.0552 e. The van der Waals surface area contributed by atoms with Gasteiger partial charge in [-0.25, -0.2) is 0 Å². The van der Waals surface area contributed by atoms with Gasteiger partial charge in [-0.1, -0.05) is 43.3 Å². The Bertz CT molecular complexity index is 489. The molecule has 0 fully saturated rings. The van der Waals surface area contributed by atoms with E-state index in [9.17, 15) is 0 Å². The van der Waals surface area contributed by atoms with Gasteiger partial charge in [-0.3, -0.25) is 0 Å². The molecule has 88 valence electrons. The van der Waals surface area contributed by atoms with E-state index in [0.29, 0.717) is 0 Å². The van der Waals surface area contributed by atoms with E-state index in [1.54, 1.807) is 0 Å². The second kappa shape index (κ2) is 5.02. The molecule has 2 heteroatoms. The molecule has 2 aromatic carbocycles. The lowest BCUT2D eigenvalue weighted by molar-refractivity contribution is 0.870. The van der Waals surface area contributed by atoms with Crippen LogP contribution in [0.15, 0.2) is 48.5 Å². The summed E-state index contributed by atoms with van der Waals surface area (Å²) in [6, 6.07) is 16.1. The van der Waals surface area contributed by atoms with Crippen molar-refractivity contribution in [3.63, 3.8) is 0 Å². The zero-order valence-corrected chi connectivity index (χ0v) is 10.1. The van der Waals surface area contributed by atoms with Gasteiger partial charge in [-0.15, -0.1) is 0 Å². The SMILES string of the molecule is CCc1ccc(C(N)c2cccc(N)c2)cc1. The van der Waals surface area contributed by atoms with Crippen LogP contribution in [0.5, 0.6) is 0 Å². The van der Waals surface area contributed by atoms with Gasteiger partial charge in [0.1, 0.15) is 0 Å². The van der Waals surface area contributed by atoms with E-state index < -0.39 is 0 Å². The summed E-state index contributed by atoms with van der Waals surface area (Å²) < 4.78 is 0. The van der Waals surface area contributed by atoms with Gasteiger partial charge in [0.25, 0.3) is 0 Å². The summed E-state index contributed by atoms with van der Waals surface area (Å²) in [5.41, 5.74) is 16.2. The van der Waals surface area contributed by atoms with E-state index >= 15 is 0 Å². The van der Waals surface area contributed by atoms with Crippen LogP contribution in [0.3, 0.4) is 0 Å². The van der Waals surface area contributed by atoms with Gasteiger partial charge in [0.15, 0.2) is 0 Å². The predicted octanol–water partition coefficient (Wildman–Crippen LogP) is 2.88. The van der Waals surface area contributed by atoms with Crippen LogP contribution in [0.4, 0.5) is 5.69 Å². The summed E-state index contributed by atoms with van der Waals surface area (Å²) >= 11 is 0. The number of nitrogen functional groups attached to an aromatic ring is 1. The molecule has 0 aliphatic carbocycles. The molecule has 1 unspecified atom stereocenters. The second-order valence-electron chi connectivity index (χ2n) is 4.24. The Morgan fingerprint density at radius 3 is 2.29 bits per heavy atom. The molecule has 0 spiro atoms. The molecule has 2 nitrogen and oxygen atoms in total. The summed E-state index contributed by atoms with van der Waals surface area (Å²) in [5, 5.41) is 0. The first kappa shape index (κ1) is 11.7. The summed E-state index contributed by atoms with van der Waals surface area (Å²) in [5.74, 6) is 0. The third kappa shape index (κ3) is 2.66. The van der Waals surface area contributed by atoms with Crippen molar-refractivity contribution in [3.05, 3.63) is 65.2 Å². The van der Waals surface area contributed by atoms with Gasteiger partial charge >= 0.3 is 0 Å². The zero-order chi connectivity index (χ0) is 12.3. The van der Waals surface area contributed by atoms with E-state index in [2.05, 4.69) is 31.2 Å². The fraction of sp³-hybridized carbons (Fsp3) is 0.200. The third-order valence-electron chi connectivity index (χ3n) is 3.02. The normalized spacial score (nSPS) is 12.4. The third-order valence-corrected chi connectivity index (χ3v) is 3.02. The maximum atomic E-state index is 6.22. The van der Waals surface area contributed by atoms with Gasteiger partial charge < -0.3 is 11.5 Å². The van der Waals surface area contributed by atoms with Gasteiger partial charge in [0.05, 0.1) is 6.04 Å². The van der Waals surface area contributed by atoms with Crippen LogP contribution in [-0.2, 0) is 6.42 Å². The van der Waals surface area contributed by atoms with Crippen molar-refractivity contribution >= 4 is 5.69 Å². The molecule has 0 bridgehead atoms. The molecule has 0 aliphatic heterocycles. The van der Waals surface area contributed by atoms with Crippen molar-refractivity contribution < 1.29 is 0 Å². The molecule has 0 saturated heterocycles. The molecule has 0 radical (unpaired) electrons. The zero-order valence-electron chi connectivity index (χ0n) is 10.1.